The van der Waals surface area contributed by atoms with Crippen LogP contribution in [0.3, 0.4) is 0 Å². The molecule has 0 aliphatic heterocycles. The van der Waals surface area contributed by atoms with Crippen molar-refractivity contribution in [2.75, 3.05) is 6.61 Å². The number of allylic oxidation sites excluding steroid dienone is 4. The van der Waals surface area contributed by atoms with Gasteiger partial charge in [0.25, 0.3) is 0 Å². The molecule has 3 rings (SSSR count). The number of aliphatic hydroxyl groups excluding tert-OH is 1. The molecule has 52 heavy (non-hydrogen) atoms. The number of hydrogen-bond donors (Lipinski definition) is 1. The standard InChI is InChI=1S/C44H78O6Si2/c1-17-18-28-47-40(46)48-43(10,11)39(45)26-21-31(2)36-24-25-37-33(20-19-27-44(36,37)12)22-23-34-29-35(49-51(13,14)41(4,5)6)30-38(32(34)3)50-52(15,16)42(7,8)9/h21-23,26,31,35-39,45H,3,17-20,24-25,27-30H2,1-2,4-16H3/b26-21+,33-22+,34-23-/t31-,35-,36-,37+,38+,39-,44-/m1/s1. The molecular formula is C44H78O6Si2. The van der Waals surface area contributed by atoms with Gasteiger partial charge in [-0.25, -0.2) is 4.79 Å². The molecule has 0 bridgehead atoms. The van der Waals surface area contributed by atoms with Crippen LogP contribution in [0.1, 0.15) is 134 Å². The van der Waals surface area contributed by atoms with Crippen molar-refractivity contribution in [2.24, 2.45) is 23.2 Å². The fraction of sp³-hybridized carbons (Fsp3) is 0.795. The third-order valence-electron chi connectivity index (χ3n) is 13.8. The second kappa shape index (κ2) is 17.1. The first-order valence-electron chi connectivity index (χ1n) is 20.4. The van der Waals surface area contributed by atoms with Crippen LogP contribution in [-0.4, -0.2) is 58.4 Å². The van der Waals surface area contributed by atoms with Crippen molar-refractivity contribution in [3.63, 3.8) is 0 Å². The van der Waals surface area contributed by atoms with Crippen LogP contribution in [0.25, 0.3) is 0 Å². The quantitative estimate of drug-likeness (QED) is 0.0872. The maximum absolute atomic E-state index is 12.2. The normalized spacial score (nSPS) is 29.4. The minimum absolute atomic E-state index is 0.0217. The summed E-state index contributed by atoms with van der Waals surface area (Å²) in [4.78, 5) is 12.2. The lowest BCUT2D eigenvalue weighted by Crippen LogP contribution is -2.49. The van der Waals surface area contributed by atoms with E-state index in [-0.39, 0.29) is 33.6 Å². The highest BCUT2D eigenvalue weighted by molar-refractivity contribution is 6.74. The number of rotatable bonds is 13. The van der Waals surface area contributed by atoms with E-state index in [4.69, 9.17) is 18.3 Å². The monoisotopic (exact) mass is 759 g/mol. The maximum atomic E-state index is 12.2. The third kappa shape index (κ3) is 10.9. The fourth-order valence-corrected chi connectivity index (χ4v) is 10.8. The highest BCUT2D eigenvalue weighted by atomic mass is 28.4. The minimum Gasteiger partial charge on any atom is -0.434 e. The van der Waals surface area contributed by atoms with Gasteiger partial charge in [0.15, 0.2) is 16.6 Å². The van der Waals surface area contributed by atoms with Gasteiger partial charge in [-0.3, -0.25) is 0 Å². The van der Waals surface area contributed by atoms with Crippen LogP contribution in [0.5, 0.6) is 0 Å². The molecule has 7 atom stereocenters. The highest BCUT2D eigenvalue weighted by Crippen LogP contribution is 2.59. The first-order chi connectivity index (χ1) is 23.8. The zero-order chi connectivity index (χ0) is 39.5. The summed E-state index contributed by atoms with van der Waals surface area (Å²) in [5.41, 5.74) is 3.11. The molecule has 8 heteroatoms. The molecule has 3 aliphatic rings. The minimum atomic E-state index is -2.02. The van der Waals surface area contributed by atoms with E-state index in [1.807, 2.05) is 13.0 Å². The summed E-state index contributed by atoms with van der Waals surface area (Å²) in [6.45, 7) is 38.6. The van der Waals surface area contributed by atoms with E-state index >= 15 is 0 Å². The number of hydrogen-bond acceptors (Lipinski definition) is 6. The van der Waals surface area contributed by atoms with Crippen LogP contribution < -0.4 is 0 Å². The molecule has 0 aromatic carbocycles. The predicted octanol–water partition coefficient (Wildman–Crippen LogP) is 12.5. The van der Waals surface area contributed by atoms with Crippen molar-refractivity contribution in [3.8, 4) is 0 Å². The molecule has 1 N–H and O–H groups in total. The van der Waals surface area contributed by atoms with Gasteiger partial charge < -0.3 is 23.4 Å². The van der Waals surface area contributed by atoms with Gasteiger partial charge in [0.2, 0.25) is 0 Å². The molecule has 0 saturated heterocycles. The molecule has 0 heterocycles. The zero-order valence-electron chi connectivity index (χ0n) is 36.0. The summed E-state index contributed by atoms with van der Waals surface area (Å²) in [5.74, 6) is 1.33. The number of carbonyl (C=O) groups excluding carboxylic acids is 1. The fourth-order valence-electron chi connectivity index (χ4n) is 8.16. The summed E-state index contributed by atoms with van der Waals surface area (Å²) in [7, 11) is -4.00. The molecule has 0 aromatic rings. The predicted molar refractivity (Wildman–Crippen MR) is 223 cm³/mol. The van der Waals surface area contributed by atoms with Crippen LogP contribution in [0.2, 0.25) is 36.3 Å². The topological polar surface area (TPSA) is 74.2 Å². The average molecular weight is 759 g/mol. The van der Waals surface area contributed by atoms with E-state index < -0.39 is 34.5 Å². The number of unbranched alkanes of at least 4 members (excludes halogenated alkanes) is 1. The number of ether oxygens (including phenoxy) is 2. The third-order valence-corrected chi connectivity index (χ3v) is 22.8. The molecule has 3 fully saturated rings. The Hall–Kier alpha value is -1.46. The van der Waals surface area contributed by atoms with E-state index in [9.17, 15) is 9.90 Å². The van der Waals surface area contributed by atoms with E-state index in [0.717, 1.165) is 44.1 Å². The molecule has 3 aliphatic carbocycles. The van der Waals surface area contributed by atoms with E-state index in [1.165, 1.54) is 24.8 Å². The van der Waals surface area contributed by atoms with Crippen LogP contribution in [-0.2, 0) is 18.3 Å². The number of aliphatic hydroxyl groups is 1. The Labute approximate surface area is 321 Å². The lowest BCUT2D eigenvalue weighted by molar-refractivity contribution is -0.0670. The van der Waals surface area contributed by atoms with Gasteiger partial charge in [-0.15, -0.1) is 0 Å². The van der Waals surface area contributed by atoms with Crippen LogP contribution >= 0.6 is 0 Å². The first kappa shape index (κ1) is 44.9. The van der Waals surface area contributed by atoms with Gasteiger partial charge in [0.05, 0.1) is 18.8 Å². The van der Waals surface area contributed by atoms with Gasteiger partial charge in [-0.05, 0) is 129 Å². The molecule has 0 amide bonds. The van der Waals surface area contributed by atoms with Gasteiger partial charge >= 0.3 is 6.16 Å². The summed E-state index contributed by atoms with van der Waals surface area (Å²) >= 11 is 0. The smallest absolute Gasteiger partial charge is 0.434 e. The van der Waals surface area contributed by atoms with Gasteiger partial charge in [0, 0.05) is 6.42 Å². The van der Waals surface area contributed by atoms with Crippen LogP contribution in [0.4, 0.5) is 4.79 Å². The van der Waals surface area contributed by atoms with Crippen LogP contribution in [0.15, 0.2) is 47.6 Å². The largest absolute Gasteiger partial charge is 0.508 e. The van der Waals surface area contributed by atoms with Gasteiger partial charge in [-0.2, -0.15) is 0 Å². The Balaban J connectivity index is 1.82. The number of fused-ring (bicyclic) bond motifs is 1. The van der Waals surface area contributed by atoms with Crippen molar-refractivity contribution in [2.45, 2.75) is 194 Å². The summed E-state index contributed by atoms with van der Waals surface area (Å²) in [6, 6.07) is 0. The average Bonchev–Trinajstić information content (AvgIpc) is 3.36. The molecule has 0 aromatic heterocycles. The lowest BCUT2D eigenvalue weighted by atomic mass is 9.61. The second-order valence-electron chi connectivity index (χ2n) is 20.2. The zero-order valence-corrected chi connectivity index (χ0v) is 38.0. The number of carbonyl (C=O) groups is 1. The Morgan fingerprint density at radius 3 is 2.19 bits per heavy atom. The Bertz CT molecular complexity index is 1330. The Morgan fingerprint density at radius 1 is 0.981 bits per heavy atom. The molecule has 3 saturated carbocycles. The SMILES string of the molecule is C=C1/C(=C\C=C2/CCC[C@]3(C)[C@@H]([C@H](C)/C=C/[C@@H](O)C(C)(C)OC(=O)OCCCC)CC[C@@H]23)C[C@@H](O[Si](C)(C)C(C)(C)C)C[C@@H]1O[Si](C)(C)C(C)(C)C. The Kier molecular flexibility index (Phi) is 14.8. The van der Waals surface area contributed by atoms with Crippen molar-refractivity contribution >= 4 is 22.8 Å². The molecule has 298 valence electrons. The molecule has 0 radical (unpaired) electrons. The van der Waals surface area contributed by atoms with E-state index in [0.29, 0.717) is 18.4 Å². The van der Waals surface area contributed by atoms with E-state index in [1.54, 1.807) is 19.4 Å². The van der Waals surface area contributed by atoms with Crippen molar-refractivity contribution < 1.29 is 28.2 Å². The van der Waals surface area contributed by atoms with Crippen molar-refractivity contribution in [1.29, 1.82) is 0 Å². The van der Waals surface area contributed by atoms with Crippen molar-refractivity contribution in [1.82, 2.24) is 0 Å². The highest BCUT2D eigenvalue weighted by Gasteiger charge is 2.50. The molecular weight excluding hydrogens is 681 g/mol. The molecule has 6 nitrogen and oxygen atoms in total. The van der Waals surface area contributed by atoms with Gasteiger partial charge in [-0.1, -0.05) is 105 Å². The maximum Gasteiger partial charge on any atom is 0.508 e. The summed E-state index contributed by atoms with van der Waals surface area (Å²) < 4.78 is 24.9. The second-order valence-corrected chi connectivity index (χ2v) is 29.7. The Morgan fingerprint density at radius 2 is 1.60 bits per heavy atom. The van der Waals surface area contributed by atoms with E-state index in [2.05, 4.69) is 106 Å². The lowest BCUT2D eigenvalue weighted by Gasteiger charge is -2.45. The van der Waals surface area contributed by atoms with Crippen molar-refractivity contribution in [3.05, 3.63) is 47.6 Å². The summed E-state index contributed by atoms with van der Waals surface area (Å²) in [5, 5.41) is 11.3. The summed E-state index contributed by atoms with van der Waals surface area (Å²) in [6.07, 6.45) is 16.6. The molecule has 0 unspecified atom stereocenters. The van der Waals surface area contributed by atoms with Gasteiger partial charge in [0.1, 0.15) is 11.7 Å². The van der Waals surface area contributed by atoms with Crippen LogP contribution in [0, 0.1) is 23.2 Å². The first-order valence-corrected chi connectivity index (χ1v) is 26.2. The molecule has 0 spiro atoms.